The minimum absolute atomic E-state index is 0.486. The number of nitrogen functional groups attached to an aromatic ring is 1. The first-order valence-corrected chi connectivity index (χ1v) is 6.01. The van der Waals surface area contributed by atoms with Gasteiger partial charge in [0.05, 0.1) is 6.10 Å². The molecule has 0 aliphatic heterocycles. The fourth-order valence-corrected chi connectivity index (χ4v) is 2.16. The quantitative estimate of drug-likeness (QED) is 0.869. The third-order valence-electron chi connectivity index (χ3n) is 2.90. The number of benzene rings is 1. The molecule has 0 amide bonds. The maximum absolute atomic E-state index is 10.3. The summed E-state index contributed by atoms with van der Waals surface area (Å²) < 4.78 is 0. The van der Waals surface area contributed by atoms with Gasteiger partial charge < -0.3 is 10.8 Å². The number of aromatic nitrogens is 1. The lowest BCUT2D eigenvalue weighted by atomic mass is 9.98. The molecule has 2 rings (SSSR count). The SMILES string of the molecule is Cc1cc(C)cc(C(O)Cc2ccnc(N)c2)c1. The molecule has 1 aromatic heterocycles. The van der Waals surface area contributed by atoms with E-state index in [2.05, 4.69) is 11.1 Å². The number of aliphatic hydroxyl groups excluding tert-OH is 1. The summed E-state index contributed by atoms with van der Waals surface area (Å²) in [6.07, 6.45) is 1.71. The summed E-state index contributed by atoms with van der Waals surface area (Å²) in [5.41, 5.74) is 9.90. The van der Waals surface area contributed by atoms with E-state index in [9.17, 15) is 5.11 Å². The third-order valence-corrected chi connectivity index (χ3v) is 2.90. The van der Waals surface area contributed by atoms with Gasteiger partial charge in [0.2, 0.25) is 0 Å². The minimum atomic E-state index is -0.509. The predicted octanol–water partition coefficient (Wildman–Crippen LogP) is 2.56. The Morgan fingerprint density at radius 1 is 1.17 bits per heavy atom. The molecule has 1 heterocycles. The Hall–Kier alpha value is -1.87. The molecule has 0 fully saturated rings. The predicted molar refractivity (Wildman–Crippen MR) is 73.2 cm³/mol. The molecule has 0 saturated carbocycles. The van der Waals surface area contributed by atoms with E-state index in [0.717, 1.165) is 11.1 Å². The topological polar surface area (TPSA) is 59.1 Å². The second kappa shape index (κ2) is 5.19. The highest BCUT2D eigenvalue weighted by molar-refractivity contribution is 5.34. The van der Waals surface area contributed by atoms with Crippen molar-refractivity contribution in [3.8, 4) is 0 Å². The van der Waals surface area contributed by atoms with E-state index in [1.807, 2.05) is 32.0 Å². The monoisotopic (exact) mass is 242 g/mol. The summed E-state index contributed by atoms with van der Waals surface area (Å²) in [6.45, 7) is 4.07. The van der Waals surface area contributed by atoms with E-state index in [1.165, 1.54) is 11.1 Å². The van der Waals surface area contributed by atoms with Crippen molar-refractivity contribution in [1.82, 2.24) is 4.98 Å². The molecule has 0 aliphatic carbocycles. The highest BCUT2D eigenvalue weighted by Crippen LogP contribution is 2.21. The first-order chi connectivity index (χ1) is 8.54. The maximum atomic E-state index is 10.3. The van der Waals surface area contributed by atoms with E-state index in [0.29, 0.717) is 12.2 Å². The summed E-state index contributed by atoms with van der Waals surface area (Å²) >= 11 is 0. The lowest BCUT2D eigenvalue weighted by molar-refractivity contribution is 0.178. The maximum Gasteiger partial charge on any atom is 0.123 e. The fraction of sp³-hybridized carbons (Fsp3) is 0.267. The van der Waals surface area contributed by atoms with Crippen LogP contribution in [-0.4, -0.2) is 10.1 Å². The average Bonchev–Trinajstić information content (AvgIpc) is 2.27. The van der Waals surface area contributed by atoms with E-state index >= 15 is 0 Å². The first kappa shape index (κ1) is 12.6. The Labute approximate surface area is 107 Å². The van der Waals surface area contributed by atoms with Crippen LogP contribution in [0.5, 0.6) is 0 Å². The summed E-state index contributed by atoms with van der Waals surface area (Å²) in [5, 5.41) is 10.3. The smallest absolute Gasteiger partial charge is 0.123 e. The molecular weight excluding hydrogens is 224 g/mol. The van der Waals surface area contributed by atoms with Gasteiger partial charge in [-0.05, 0) is 37.1 Å². The van der Waals surface area contributed by atoms with Gasteiger partial charge in [0.1, 0.15) is 5.82 Å². The van der Waals surface area contributed by atoms with Crippen molar-refractivity contribution in [2.75, 3.05) is 5.73 Å². The molecule has 3 nitrogen and oxygen atoms in total. The van der Waals surface area contributed by atoms with Crippen molar-refractivity contribution in [1.29, 1.82) is 0 Å². The fourth-order valence-electron chi connectivity index (χ4n) is 2.16. The molecule has 2 aromatic rings. The lowest BCUT2D eigenvalue weighted by Gasteiger charge is -2.13. The highest BCUT2D eigenvalue weighted by atomic mass is 16.3. The van der Waals surface area contributed by atoms with Gasteiger partial charge in [-0.1, -0.05) is 29.3 Å². The van der Waals surface area contributed by atoms with Crippen molar-refractivity contribution >= 4 is 5.82 Å². The number of rotatable bonds is 3. The number of nitrogens with zero attached hydrogens (tertiary/aromatic N) is 1. The zero-order valence-electron chi connectivity index (χ0n) is 10.7. The molecule has 3 N–H and O–H groups in total. The molecule has 1 unspecified atom stereocenters. The molecular formula is C15H18N2O. The molecule has 0 saturated heterocycles. The number of hydrogen-bond donors (Lipinski definition) is 2. The van der Waals surface area contributed by atoms with E-state index in [-0.39, 0.29) is 0 Å². The molecule has 94 valence electrons. The van der Waals surface area contributed by atoms with Crippen LogP contribution in [0, 0.1) is 13.8 Å². The van der Waals surface area contributed by atoms with Crippen LogP contribution in [0.3, 0.4) is 0 Å². The summed E-state index contributed by atoms with van der Waals surface area (Å²) in [4.78, 5) is 3.94. The van der Waals surface area contributed by atoms with Crippen molar-refractivity contribution in [3.63, 3.8) is 0 Å². The van der Waals surface area contributed by atoms with Gasteiger partial charge in [0.15, 0.2) is 0 Å². The van der Waals surface area contributed by atoms with Crippen LogP contribution in [0.2, 0.25) is 0 Å². The van der Waals surface area contributed by atoms with Crippen molar-refractivity contribution in [2.45, 2.75) is 26.4 Å². The Balaban J connectivity index is 2.19. The third kappa shape index (κ3) is 3.08. The number of anilines is 1. The summed E-state index contributed by atoms with van der Waals surface area (Å²) in [7, 11) is 0. The number of aliphatic hydroxyl groups is 1. The average molecular weight is 242 g/mol. The van der Waals surface area contributed by atoms with Crippen LogP contribution >= 0.6 is 0 Å². The standard InChI is InChI=1S/C15H18N2O/c1-10-5-11(2)7-13(6-10)14(18)8-12-3-4-17-15(16)9-12/h3-7,9,14,18H,8H2,1-2H3,(H2,16,17). The summed E-state index contributed by atoms with van der Waals surface area (Å²) in [5.74, 6) is 0.486. The van der Waals surface area contributed by atoms with Crippen LogP contribution in [0.25, 0.3) is 0 Å². The first-order valence-electron chi connectivity index (χ1n) is 6.01. The Morgan fingerprint density at radius 2 is 1.83 bits per heavy atom. The van der Waals surface area contributed by atoms with Crippen LogP contribution in [0.1, 0.15) is 28.4 Å². The molecule has 1 atom stereocenters. The van der Waals surface area contributed by atoms with Gasteiger partial charge in [-0.3, -0.25) is 0 Å². The molecule has 0 radical (unpaired) electrons. The van der Waals surface area contributed by atoms with Gasteiger partial charge in [0.25, 0.3) is 0 Å². The molecule has 1 aromatic carbocycles. The minimum Gasteiger partial charge on any atom is -0.388 e. The number of pyridine rings is 1. The van der Waals surface area contributed by atoms with Gasteiger partial charge in [-0.15, -0.1) is 0 Å². The van der Waals surface area contributed by atoms with Gasteiger partial charge in [-0.2, -0.15) is 0 Å². The molecule has 0 bridgehead atoms. The van der Waals surface area contributed by atoms with E-state index < -0.39 is 6.10 Å². The van der Waals surface area contributed by atoms with Gasteiger partial charge in [-0.25, -0.2) is 4.98 Å². The second-order valence-corrected chi connectivity index (χ2v) is 4.73. The molecule has 0 aliphatic rings. The van der Waals surface area contributed by atoms with E-state index in [4.69, 9.17) is 5.73 Å². The molecule has 3 heteroatoms. The van der Waals surface area contributed by atoms with E-state index in [1.54, 1.807) is 12.3 Å². The van der Waals surface area contributed by atoms with Crippen LogP contribution in [-0.2, 0) is 6.42 Å². The van der Waals surface area contributed by atoms with Gasteiger partial charge >= 0.3 is 0 Å². The lowest BCUT2D eigenvalue weighted by Crippen LogP contribution is -2.03. The largest absolute Gasteiger partial charge is 0.388 e. The zero-order valence-corrected chi connectivity index (χ0v) is 10.7. The van der Waals surface area contributed by atoms with Crippen LogP contribution in [0.15, 0.2) is 36.5 Å². The highest BCUT2D eigenvalue weighted by Gasteiger charge is 2.09. The van der Waals surface area contributed by atoms with Crippen molar-refractivity contribution in [2.24, 2.45) is 0 Å². The summed E-state index contributed by atoms with van der Waals surface area (Å²) in [6, 6.07) is 9.80. The second-order valence-electron chi connectivity index (χ2n) is 4.73. The normalized spacial score (nSPS) is 12.4. The number of aryl methyl sites for hydroxylation is 2. The number of nitrogens with two attached hydrogens (primary N) is 1. The van der Waals surface area contributed by atoms with Crippen molar-refractivity contribution in [3.05, 3.63) is 58.8 Å². The molecule has 0 spiro atoms. The number of hydrogen-bond acceptors (Lipinski definition) is 3. The molecule has 18 heavy (non-hydrogen) atoms. The van der Waals surface area contributed by atoms with Gasteiger partial charge in [0, 0.05) is 12.6 Å². The Kier molecular flexibility index (Phi) is 3.63. The van der Waals surface area contributed by atoms with Crippen molar-refractivity contribution < 1.29 is 5.11 Å². The Bertz CT molecular complexity index is 532. The van der Waals surface area contributed by atoms with Crippen LogP contribution in [0.4, 0.5) is 5.82 Å². The van der Waals surface area contributed by atoms with Crippen LogP contribution < -0.4 is 5.73 Å². The Morgan fingerprint density at radius 3 is 2.44 bits per heavy atom. The zero-order chi connectivity index (χ0) is 13.1.